The minimum Gasteiger partial charge on any atom is -0.493 e. The number of nitrogens with one attached hydrogen (secondary N) is 3. The van der Waals surface area contributed by atoms with E-state index in [2.05, 4.69) is 21.0 Å². The molecule has 3 N–H and O–H groups in total. The van der Waals surface area contributed by atoms with Crippen LogP contribution in [-0.4, -0.2) is 35.0 Å². The van der Waals surface area contributed by atoms with E-state index in [-0.39, 0.29) is 5.69 Å². The zero-order valence-electron chi connectivity index (χ0n) is 17.0. The molecule has 0 aliphatic carbocycles. The summed E-state index contributed by atoms with van der Waals surface area (Å²) in [5.41, 5.74) is 1.97. The molecule has 0 radical (unpaired) electrons. The summed E-state index contributed by atoms with van der Waals surface area (Å²) in [6.45, 7) is 1.62. The first-order valence-corrected chi connectivity index (χ1v) is 10.0. The first-order valence-electron chi connectivity index (χ1n) is 10.0. The molecule has 0 bridgehead atoms. The summed E-state index contributed by atoms with van der Waals surface area (Å²) in [7, 11) is 1.82. The number of benzene rings is 2. The van der Waals surface area contributed by atoms with Gasteiger partial charge >= 0.3 is 6.03 Å². The van der Waals surface area contributed by atoms with Gasteiger partial charge in [0.05, 0.1) is 18.0 Å². The van der Waals surface area contributed by atoms with Crippen molar-refractivity contribution in [1.29, 1.82) is 0 Å². The lowest BCUT2D eigenvalue weighted by Crippen LogP contribution is -2.43. The number of nitrogens with zero attached hydrogens (tertiary/aromatic N) is 2. The van der Waals surface area contributed by atoms with Crippen molar-refractivity contribution < 1.29 is 18.3 Å². The maximum absolute atomic E-state index is 13.8. The highest BCUT2D eigenvalue weighted by Gasteiger charge is 2.17. The molecule has 1 fully saturated rings. The van der Waals surface area contributed by atoms with Gasteiger partial charge in [-0.25, -0.2) is 13.6 Å². The molecule has 7 nitrogen and oxygen atoms in total. The second-order valence-corrected chi connectivity index (χ2v) is 7.33. The number of carbonyl (C=O) groups is 1. The van der Waals surface area contributed by atoms with E-state index < -0.39 is 17.7 Å². The number of halogens is 2. The molecule has 9 heteroatoms. The number of urea groups is 1. The molecule has 0 saturated carbocycles. The first kappa shape index (κ1) is 20.8. The average molecular weight is 427 g/mol. The van der Waals surface area contributed by atoms with Gasteiger partial charge in [0.25, 0.3) is 0 Å². The first-order chi connectivity index (χ1) is 15.0. The number of carbonyl (C=O) groups excluding carboxylic acids is 1. The van der Waals surface area contributed by atoms with E-state index in [0.717, 1.165) is 36.7 Å². The molecular formula is C22H23F2N5O2. The van der Waals surface area contributed by atoms with E-state index in [1.165, 1.54) is 6.07 Å². The summed E-state index contributed by atoms with van der Waals surface area (Å²) in [5, 5.41) is 12.6. The molecule has 4 rings (SSSR count). The molecule has 162 valence electrons. The van der Waals surface area contributed by atoms with Crippen LogP contribution in [0.2, 0.25) is 0 Å². The van der Waals surface area contributed by atoms with Gasteiger partial charge in [-0.15, -0.1) is 0 Å². The van der Waals surface area contributed by atoms with Crippen molar-refractivity contribution in [2.24, 2.45) is 7.05 Å². The van der Waals surface area contributed by atoms with E-state index in [1.807, 2.05) is 13.1 Å². The smallest absolute Gasteiger partial charge is 0.323 e. The summed E-state index contributed by atoms with van der Waals surface area (Å²) in [5.74, 6) is -0.887. The molecule has 2 heterocycles. The van der Waals surface area contributed by atoms with Crippen molar-refractivity contribution in [3.63, 3.8) is 0 Å². The molecule has 3 aromatic rings. The zero-order chi connectivity index (χ0) is 21.8. The van der Waals surface area contributed by atoms with E-state index >= 15 is 0 Å². The minimum absolute atomic E-state index is 0.115. The fourth-order valence-electron chi connectivity index (χ4n) is 3.35. The number of hydrogen-bond donors (Lipinski definition) is 3. The fraction of sp³-hybridized carbons (Fsp3) is 0.273. The van der Waals surface area contributed by atoms with Crippen molar-refractivity contribution in [2.45, 2.75) is 18.9 Å². The van der Waals surface area contributed by atoms with E-state index in [0.29, 0.717) is 30.2 Å². The Hall–Kier alpha value is -3.46. The summed E-state index contributed by atoms with van der Waals surface area (Å²) in [4.78, 5) is 12.3. The SMILES string of the molecule is Cn1nccc1-c1cc(NC(=O)Nc2ccc(F)cc2F)ccc1OCCC1CCN1. The lowest BCUT2D eigenvalue weighted by Gasteiger charge is -2.27. The van der Waals surface area contributed by atoms with Crippen LogP contribution in [0.1, 0.15) is 12.8 Å². The van der Waals surface area contributed by atoms with Crippen LogP contribution >= 0.6 is 0 Å². The third-order valence-corrected chi connectivity index (χ3v) is 5.16. The van der Waals surface area contributed by atoms with E-state index in [1.54, 1.807) is 29.1 Å². The average Bonchev–Trinajstić information content (AvgIpc) is 3.12. The van der Waals surface area contributed by atoms with Crippen LogP contribution in [0.25, 0.3) is 11.3 Å². The maximum Gasteiger partial charge on any atom is 0.323 e. The Bertz CT molecular complexity index is 1080. The number of aromatic nitrogens is 2. The molecule has 1 saturated heterocycles. The van der Waals surface area contributed by atoms with Crippen molar-refractivity contribution in [3.05, 3.63) is 60.3 Å². The Kier molecular flexibility index (Phi) is 6.13. The van der Waals surface area contributed by atoms with Crippen LogP contribution in [0.3, 0.4) is 0 Å². The van der Waals surface area contributed by atoms with Gasteiger partial charge < -0.3 is 20.7 Å². The van der Waals surface area contributed by atoms with Crippen LogP contribution < -0.4 is 20.7 Å². The lowest BCUT2D eigenvalue weighted by molar-refractivity contribution is 0.253. The number of amides is 2. The third kappa shape index (κ3) is 5.00. The highest BCUT2D eigenvalue weighted by atomic mass is 19.1. The summed E-state index contributed by atoms with van der Waals surface area (Å²) in [6.07, 6.45) is 3.75. The molecule has 1 atom stereocenters. The second-order valence-electron chi connectivity index (χ2n) is 7.33. The monoisotopic (exact) mass is 427 g/mol. The standard InChI is InChI=1S/C22H23F2N5O2/c1-29-20(7-10-26-29)17-13-16(3-5-21(17)31-11-8-15-6-9-25-15)27-22(30)28-19-4-2-14(23)12-18(19)24/h2-5,7,10,12-13,15,25H,6,8-9,11H2,1H3,(H2,27,28,30). The van der Waals surface area contributed by atoms with Gasteiger partial charge in [-0.05, 0) is 55.8 Å². The van der Waals surface area contributed by atoms with Crippen LogP contribution in [0, 0.1) is 11.6 Å². The molecule has 31 heavy (non-hydrogen) atoms. The van der Waals surface area contributed by atoms with E-state index in [9.17, 15) is 13.6 Å². The van der Waals surface area contributed by atoms with Gasteiger partial charge in [0.1, 0.15) is 17.4 Å². The highest BCUT2D eigenvalue weighted by molar-refractivity contribution is 6.00. The van der Waals surface area contributed by atoms with Gasteiger partial charge in [-0.2, -0.15) is 5.10 Å². The molecule has 1 aliphatic rings. The van der Waals surface area contributed by atoms with Crippen LogP contribution in [-0.2, 0) is 7.05 Å². The van der Waals surface area contributed by atoms with Gasteiger partial charge in [0, 0.05) is 36.6 Å². The van der Waals surface area contributed by atoms with Crippen molar-refractivity contribution in [1.82, 2.24) is 15.1 Å². The molecule has 0 spiro atoms. The maximum atomic E-state index is 13.8. The van der Waals surface area contributed by atoms with Crippen molar-refractivity contribution in [2.75, 3.05) is 23.8 Å². The Morgan fingerprint density at radius 2 is 2.06 bits per heavy atom. The molecule has 2 aromatic carbocycles. The number of aryl methyl sites for hydroxylation is 1. The predicted molar refractivity (Wildman–Crippen MR) is 114 cm³/mol. The Balaban J connectivity index is 1.49. The largest absolute Gasteiger partial charge is 0.493 e. The Morgan fingerprint density at radius 1 is 1.23 bits per heavy atom. The molecule has 2 amide bonds. The van der Waals surface area contributed by atoms with Crippen LogP contribution in [0.15, 0.2) is 48.7 Å². The normalized spacial score (nSPS) is 15.3. The second kappa shape index (κ2) is 9.13. The summed E-state index contributed by atoms with van der Waals surface area (Å²) < 4.78 is 34.6. The summed E-state index contributed by atoms with van der Waals surface area (Å²) in [6, 6.07) is 9.91. The fourth-order valence-corrected chi connectivity index (χ4v) is 3.35. The van der Waals surface area contributed by atoms with Gasteiger partial charge in [0.2, 0.25) is 0 Å². The predicted octanol–water partition coefficient (Wildman–Crippen LogP) is 4.14. The number of anilines is 2. The molecular weight excluding hydrogens is 404 g/mol. The van der Waals surface area contributed by atoms with Crippen molar-refractivity contribution in [3.8, 4) is 17.0 Å². The van der Waals surface area contributed by atoms with E-state index in [4.69, 9.17) is 4.74 Å². The molecule has 1 aliphatic heterocycles. The van der Waals surface area contributed by atoms with Gasteiger partial charge in [-0.3, -0.25) is 4.68 Å². The van der Waals surface area contributed by atoms with Gasteiger partial charge in [0.15, 0.2) is 0 Å². The lowest BCUT2D eigenvalue weighted by atomic mass is 10.0. The minimum atomic E-state index is -0.851. The van der Waals surface area contributed by atoms with Gasteiger partial charge in [-0.1, -0.05) is 0 Å². The number of ether oxygens (including phenoxy) is 1. The van der Waals surface area contributed by atoms with Crippen LogP contribution in [0.4, 0.5) is 25.0 Å². The number of hydrogen-bond acceptors (Lipinski definition) is 4. The molecule has 1 aromatic heterocycles. The zero-order valence-corrected chi connectivity index (χ0v) is 17.0. The summed E-state index contributed by atoms with van der Waals surface area (Å²) >= 11 is 0. The van der Waals surface area contributed by atoms with Crippen LogP contribution in [0.5, 0.6) is 5.75 Å². The topological polar surface area (TPSA) is 80.2 Å². The Morgan fingerprint density at radius 3 is 2.74 bits per heavy atom. The quantitative estimate of drug-likeness (QED) is 0.530. The Labute approximate surface area is 178 Å². The molecule has 1 unspecified atom stereocenters. The number of rotatable bonds is 7. The third-order valence-electron chi connectivity index (χ3n) is 5.16. The highest BCUT2D eigenvalue weighted by Crippen LogP contribution is 2.33. The van der Waals surface area contributed by atoms with Crippen molar-refractivity contribution >= 4 is 17.4 Å².